The van der Waals surface area contributed by atoms with Gasteiger partial charge in [-0.1, -0.05) is 13.3 Å². The Bertz CT molecular complexity index is 295. The van der Waals surface area contributed by atoms with Gasteiger partial charge in [0.15, 0.2) is 0 Å². The standard InChI is InChI=1S/C13H20FNS/c1-3-11(10-16)9-15(4-2)13-7-5-12(14)6-8-13/h5-8,11,16H,3-4,9-10H2,1-2H3. The highest BCUT2D eigenvalue weighted by atomic mass is 32.1. The quantitative estimate of drug-likeness (QED) is 0.745. The van der Waals surface area contributed by atoms with E-state index in [0.29, 0.717) is 5.92 Å². The van der Waals surface area contributed by atoms with E-state index in [1.165, 1.54) is 12.1 Å². The van der Waals surface area contributed by atoms with E-state index in [1.54, 1.807) is 0 Å². The Labute approximate surface area is 103 Å². The minimum atomic E-state index is -0.180. The molecule has 0 aliphatic carbocycles. The van der Waals surface area contributed by atoms with E-state index in [4.69, 9.17) is 0 Å². The Kier molecular flexibility index (Phi) is 5.67. The van der Waals surface area contributed by atoms with Gasteiger partial charge in [0.1, 0.15) is 5.82 Å². The van der Waals surface area contributed by atoms with E-state index in [9.17, 15) is 4.39 Å². The van der Waals surface area contributed by atoms with Crippen LogP contribution in [0.2, 0.25) is 0 Å². The van der Waals surface area contributed by atoms with Crippen LogP contribution in [0.4, 0.5) is 10.1 Å². The van der Waals surface area contributed by atoms with Crippen molar-refractivity contribution in [3.8, 4) is 0 Å². The van der Waals surface area contributed by atoms with Gasteiger partial charge in [-0.15, -0.1) is 0 Å². The molecule has 1 aromatic rings. The average Bonchev–Trinajstić information content (AvgIpc) is 2.32. The molecule has 90 valence electrons. The second-order valence-electron chi connectivity index (χ2n) is 3.97. The maximum absolute atomic E-state index is 12.8. The summed E-state index contributed by atoms with van der Waals surface area (Å²) >= 11 is 4.35. The number of thiol groups is 1. The van der Waals surface area contributed by atoms with Gasteiger partial charge in [0.25, 0.3) is 0 Å². The lowest BCUT2D eigenvalue weighted by atomic mass is 10.1. The lowest BCUT2D eigenvalue weighted by Gasteiger charge is -2.27. The fourth-order valence-electron chi connectivity index (χ4n) is 1.70. The molecule has 1 nitrogen and oxygen atoms in total. The molecule has 0 N–H and O–H groups in total. The third-order valence-electron chi connectivity index (χ3n) is 2.89. The van der Waals surface area contributed by atoms with Crippen LogP contribution in [0.15, 0.2) is 24.3 Å². The molecule has 1 unspecified atom stereocenters. The van der Waals surface area contributed by atoms with Gasteiger partial charge in [0.05, 0.1) is 0 Å². The minimum absolute atomic E-state index is 0.180. The van der Waals surface area contributed by atoms with E-state index < -0.39 is 0 Å². The first-order valence-corrected chi connectivity index (χ1v) is 6.45. The van der Waals surface area contributed by atoms with Crippen molar-refractivity contribution in [2.75, 3.05) is 23.7 Å². The molecule has 0 amide bonds. The molecule has 16 heavy (non-hydrogen) atoms. The highest BCUT2D eigenvalue weighted by molar-refractivity contribution is 7.80. The predicted octanol–water partition coefficient (Wildman–Crippen LogP) is 3.61. The van der Waals surface area contributed by atoms with Crippen LogP contribution in [0.5, 0.6) is 0 Å². The number of rotatable bonds is 6. The predicted molar refractivity (Wildman–Crippen MR) is 71.9 cm³/mol. The van der Waals surface area contributed by atoms with Gasteiger partial charge in [-0.2, -0.15) is 12.6 Å². The molecule has 0 saturated carbocycles. The number of nitrogens with zero attached hydrogens (tertiary/aromatic N) is 1. The van der Waals surface area contributed by atoms with E-state index in [-0.39, 0.29) is 5.82 Å². The largest absolute Gasteiger partial charge is 0.372 e. The Morgan fingerprint density at radius 2 is 1.88 bits per heavy atom. The molecule has 1 aromatic carbocycles. The van der Waals surface area contributed by atoms with Crippen LogP contribution in [0.25, 0.3) is 0 Å². The topological polar surface area (TPSA) is 3.24 Å². The van der Waals surface area contributed by atoms with Crippen LogP contribution in [0.3, 0.4) is 0 Å². The lowest BCUT2D eigenvalue weighted by molar-refractivity contribution is 0.557. The van der Waals surface area contributed by atoms with Crippen LogP contribution in [0, 0.1) is 11.7 Å². The fraction of sp³-hybridized carbons (Fsp3) is 0.538. The molecule has 0 fully saturated rings. The molecule has 1 atom stereocenters. The normalized spacial score (nSPS) is 12.5. The molecule has 0 spiro atoms. The first-order valence-electron chi connectivity index (χ1n) is 5.82. The van der Waals surface area contributed by atoms with Crippen molar-refractivity contribution in [1.29, 1.82) is 0 Å². The van der Waals surface area contributed by atoms with Crippen molar-refractivity contribution in [3.05, 3.63) is 30.1 Å². The Morgan fingerprint density at radius 3 is 2.31 bits per heavy atom. The molecule has 0 saturated heterocycles. The van der Waals surface area contributed by atoms with Gasteiger partial charge >= 0.3 is 0 Å². The first-order chi connectivity index (χ1) is 7.71. The second-order valence-corrected chi connectivity index (χ2v) is 4.34. The molecule has 0 heterocycles. The maximum Gasteiger partial charge on any atom is 0.123 e. The van der Waals surface area contributed by atoms with E-state index in [1.807, 2.05) is 12.1 Å². The van der Waals surface area contributed by atoms with Crippen molar-refractivity contribution in [1.82, 2.24) is 0 Å². The van der Waals surface area contributed by atoms with Gasteiger partial charge in [-0.3, -0.25) is 0 Å². The molecule has 0 aliphatic heterocycles. The van der Waals surface area contributed by atoms with Crippen molar-refractivity contribution < 1.29 is 4.39 Å². The maximum atomic E-state index is 12.8. The van der Waals surface area contributed by atoms with Crippen molar-refractivity contribution in [2.45, 2.75) is 20.3 Å². The van der Waals surface area contributed by atoms with Crippen LogP contribution >= 0.6 is 12.6 Å². The zero-order valence-electron chi connectivity index (χ0n) is 9.99. The van der Waals surface area contributed by atoms with Crippen LogP contribution < -0.4 is 4.90 Å². The number of halogens is 1. The van der Waals surface area contributed by atoms with E-state index in [0.717, 1.165) is 31.0 Å². The van der Waals surface area contributed by atoms with Crippen LogP contribution in [-0.2, 0) is 0 Å². The molecule has 1 rings (SSSR count). The Hall–Kier alpha value is -0.700. The zero-order chi connectivity index (χ0) is 12.0. The average molecular weight is 241 g/mol. The summed E-state index contributed by atoms with van der Waals surface area (Å²) in [5, 5.41) is 0. The van der Waals surface area contributed by atoms with E-state index in [2.05, 4.69) is 31.4 Å². The van der Waals surface area contributed by atoms with Gasteiger partial charge in [-0.05, 0) is 42.9 Å². The number of hydrogen-bond acceptors (Lipinski definition) is 2. The van der Waals surface area contributed by atoms with Gasteiger partial charge in [-0.25, -0.2) is 4.39 Å². The van der Waals surface area contributed by atoms with Crippen LogP contribution in [0.1, 0.15) is 20.3 Å². The van der Waals surface area contributed by atoms with Crippen molar-refractivity contribution in [2.24, 2.45) is 5.92 Å². The Balaban J connectivity index is 2.70. The summed E-state index contributed by atoms with van der Waals surface area (Å²) in [5.41, 5.74) is 1.09. The lowest BCUT2D eigenvalue weighted by Crippen LogP contribution is -2.29. The van der Waals surface area contributed by atoms with Gasteiger partial charge in [0, 0.05) is 18.8 Å². The van der Waals surface area contributed by atoms with Crippen molar-refractivity contribution >= 4 is 18.3 Å². The second kappa shape index (κ2) is 6.79. The highest BCUT2D eigenvalue weighted by Crippen LogP contribution is 2.17. The summed E-state index contributed by atoms with van der Waals surface area (Å²) in [6.45, 7) is 6.23. The minimum Gasteiger partial charge on any atom is -0.372 e. The first kappa shape index (κ1) is 13.4. The summed E-state index contributed by atoms with van der Waals surface area (Å²) in [6.07, 6.45) is 1.13. The fourth-order valence-corrected chi connectivity index (χ4v) is 2.07. The molecule has 0 bridgehead atoms. The number of anilines is 1. The SMILES string of the molecule is CCC(CS)CN(CC)c1ccc(F)cc1. The summed E-state index contributed by atoms with van der Waals surface area (Å²) in [5.74, 6) is 1.31. The van der Waals surface area contributed by atoms with E-state index >= 15 is 0 Å². The third-order valence-corrected chi connectivity index (χ3v) is 3.40. The third kappa shape index (κ3) is 3.71. The summed E-state index contributed by atoms with van der Waals surface area (Å²) in [7, 11) is 0. The molecular weight excluding hydrogens is 221 g/mol. The molecule has 0 aliphatic rings. The number of benzene rings is 1. The zero-order valence-corrected chi connectivity index (χ0v) is 10.9. The molecule has 0 radical (unpaired) electrons. The molecular formula is C13H20FNS. The molecule has 0 aromatic heterocycles. The summed E-state index contributed by atoms with van der Waals surface area (Å²) in [4.78, 5) is 2.27. The van der Waals surface area contributed by atoms with Crippen LogP contribution in [-0.4, -0.2) is 18.8 Å². The van der Waals surface area contributed by atoms with Crippen molar-refractivity contribution in [3.63, 3.8) is 0 Å². The summed E-state index contributed by atoms with van der Waals surface area (Å²) in [6, 6.07) is 6.70. The smallest absolute Gasteiger partial charge is 0.123 e. The number of hydrogen-bond donors (Lipinski definition) is 1. The monoisotopic (exact) mass is 241 g/mol. The Morgan fingerprint density at radius 1 is 1.25 bits per heavy atom. The van der Waals surface area contributed by atoms with Gasteiger partial charge in [0.2, 0.25) is 0 Å². The highest BCUT2D eigenvalue weighted by Gasteiger charge is 2.10. The van der Waals surface area contributed by atoms with Gasteiger partial charge < -0.3 is 4.90 Å². The molecule has 3 heteroatoms. The summed E-state index contributed by atoms with van der Waals surface area (Å²) < 4.78 is 12.8.